The molecule has 2 atom stereocenters. The van der Waals surface area contributed by atoms with Gasteiger partial charge in [-0.05, 0) is 20.3 Å². The predicted octanol–water partition coefficient (Wildman–Crippen LogP) is 0.164. The molecule has 0 radical (unpaired) electrons. The van der Waals surface area contributed by atoms with Crippen LogP contribution >= 0.6 is 0 Å². The minimum atomic E-state index is 0.0986. The van der Waals surface area contributed by atoms with Gasteiger partial charge in [0.15, 0.2) is 0 Å². The Morgan fingerprint density at radius 1 is 1.33 bits per heavy atom. The summed E-state index contributed by atoms with van der Waals surface area (Å²) in [5, 5.41) is 2.70. The van der Waals surface area contributed by atoms with Gasteiger partial charge in [0.05, 0.1) is 6.54 Å². The number of nitrogens with zero attached hydrogens (tertiary/aromatic N) is 2. The van der Waals surface area contributed by atoms with E-state index < -0.39 is 0 Å². The maximum absolute atomic E-state index is 11.5. The quantitative estimate of drug-likeness (QED) is 0.689. The number of piperazine rings is 1. The van der Waals surface area contributed by atoms with Gasteiger partial charge in [-0.3, -0.25) is 9.69 Å². The summed E-state index contributed by atoms with van der Waals surface area (Å²) in [5.74, 6) is 0.0986. The minimum absolute atomic E-state index is 0.0986. The number of amides is 1. The molecule has 2 unspecified atom stereocenters. The molecule has 5 heteroatoms. The smallest absolute Gasteiger partial charge is 0.233 e. The Morgan fingerprint density at radius 3 is 2.44 bits per heavy atom. The fourth-order valence-corrected chi connectivity index (χ4v) is 2.64. The minimum Gasteiger partial charge on any atom is -0.385 e. The molecule has 1 saturated heterocycles. The predicted molar refractivity (Wildman–Crippen MR) is 72.6 cm³/mol. The van der Waals surface area contributed by atoms with E-state index in [4.69, 9.17) is 4.74 Å². The van der Waals surface area contributed by atoms with Gasteiger partial charge < -0.3 is 15.0 Å². The number of carbonyl (C=O) groups is 1. The van der Waals surface area contributed by atoms with Crippen LogP contribution in [0.3, 0.4) is 0 Å². The van der Waals surface area contributed by atoms with E-state index in [-0.39, 0.29) is 5.91 Å². The Morgan fingerprint density at radius 2 is 1.94 bits per heavy atom. The number of methoxy groups -OCH3 is 1. The van der Waals surface area contributed by atoms with Gasteiger partial charge in [-0.2, -0.15) is 0 Å². The summed E-state index contributed by atoms with van der Waals surface area (Å²) in [6, 6.07) is 0.849. The maximum atomic E-state index is 11.5. The second-order valence-electron chi connectivity index (χ2n) is 5.15. The highest BCUT2D eigenvalue weighted by molar-refractivity contribution is 5.77. The van der Waals surface area contributed by atoms with Crippen molar-refractivity contribution in [1.29, 1.82) is 0 Å². The third-order valence-electron chi connectivity index (χ3n) is 3.60. The molecule has 1 aliphatic heterocycles. The zero-order valence-corrected chi connectivity index (χ0v) is 12.1. The topological polar surface area (TPSA) is 44.8 Å². The first kappa shape index (κ1) is 15.4. The van der Waals surface area contributed by atoms with Gasteiger partial charge in [-0.15, -0.1) is 0 Å². The van der Waals surface area contributed by atoms with Crippen LogP contribution in [-0.4, -0.2) is 74.7 Å². The van der Waals surface area contributed by atoms with Crippen molar-refractivity contribution in [3.05, 3.63) is 0 Å². The summed E-state index contributed by atoms with van der Waals surface area (Å²) in [5.41, 5.74) is 0. The van der Waals surface area contributed by atoms with Gasteiger partial charge in [0.25, 0.3) is 0 Å². The molecule has 0 saturated carbocycles. The number of hydrogen-bond acceptors (Lipinski definition) is 4. The summed E-state index contributed by atoms with van der Waals surface area (Å²) in [6.07, 6.45) is 1.07. The molecule has 1 N–H and O–H groups in total. The number of ether oxygens (including phenoxy) is 1. The highest BCUT2D eigenvalue weighted by Crippen LogP contribution is 2.15. The average Bonchev–Trinajstić information content (AvgIpc) is 2.34. The third-order valence-corrected chi connectivity index (χ3v) is 3.60. The number of likely N-dealkylation sites (N-methyl/N-ethyl adjacent to an activating group) is 1. The van der Waals surface area contributed by atoms with Gasteiger partial charge in [-0.1, -0.05) is 0 Å². The molecule has 0 bridgehead atoms. The van der Waals surface area contributed by atoms with Crippen molar-refractivity contribution in [1.82, 2.24) is 15.1 Å². The summed E-state index contributed by atoms with van der Waals surface area (Å²) >= 11 is 0. The normalized spacial score (nSPS) is 26.2. The van der Waals surface area contributed by atoms with Gasteiger partial charge in [0.1, 0.15) is 0 Å². The average molecular weight is 257 g/mol. The number of carbonyl (C=O) groups excluding carboxylic acids is 1. The Balaban J connectivity index is 2.41. The van der Waals surface area contributed by atoms with Crippen LogP contribution in [0.2, 0.25) is 0 Å². The van der Waals surface area contributed by atoms with Crippen molar-refractivity contribution in [2.24, 2.45) is 0 Å². The molecule has 5 nitrogen and oxygen atoms in total. The molecular formula is C13H27N3O2. The fourth-order valence-electron chi connectivity index (χ4n) is 2.64. The van der Waals surface area contributed by atoms with E-state index in [2.05, 4.69) is 29.0 Å². The standard InChI is InChI=1S/C13H27N3O2/c1-11-8-15(6-5-7-18-4)9-12(2)16(11)10-13(17)14-3/h11-12H,5-10H2,1-4H3,(H,14,17). The van der Waals surface area contributed by atoms with Crippen LogP contribution in [0.1, 0.15) is 20.3 Å². The largest absolute Gasteiger partial charge is 0.385 e. The molecule has 106 valence electrons. The van der Waals surface area contributed by atoms with E-state index in [1.807, 2.05) is 0 Å². The Kier molecular flexibility index (Phi) is 6.60. The molecule has 1 amide bonds. The third kappa shape index (κ3) is 4.55. The molecule has 1 aliphatic rings. The maximum Gasteiger partial charge on any atom is 0.233 e. The van der Waals surface area contributed by atoms with E-state index in [1.54, 1.807) is 14.2 Å². The lowest BCUT2D eigenvalue weighted by Crippen LogP contribution is -2.58. The van der Waals surface area contributed by atoms with E-state index in [0.717, 1.165) is 32.7 Å². The molecular weight excluding hydrogens is 230 g/mol. The zero-order chi connectivity index (χ0) is 13.5. The van der Waals surface area contributed by atoms with Crippen LogP contribution in [0, 0.1) is 0 Å². The monoisotopic (exact) mass is 257 g/mol. The van der Waals surface area contributed by atoms with Crippen LogP contribution in [0.5, 0.6) is 0 Å². The molecule has 1 fully saturated rings. The second-order valence-corrected chi connectivity index (χ2v) is 5.15. The van der Waals surface area contributed by atoms with Gasteiger partial charge in [0, 0.05) is 52.5 Å². The Bertz CT molecular complexity index is 249. The van der Waals surface area contributed by atoms with Crippen LogP contribution in [0.15, 0.2) is 0 Å². The summed E-state index contributed by atoms with van der Waals surface area (Å²) in [6.45, 7) is 8.86. The first-order valence-corrected chi connectivity index (χ1v) is 6.76. The molecule has 1 heterocycles. The Hall–Kier alpha value is -0.650. The van der Waals surface area contributed by atoms with Crippen LogP contribution in [0.4, 0.5) is 0 Å². The van der Waals surface area contributed by atoms with Crippen molar-refractivity contribution in [2.75, 3.05) is 46.9 Å². The SMILES string of the molecule is CNC(=O)CN1C(C)CN(CCCOC)CC1C. The molecule has 1 rings (SSSR count). The zero-order valence-electron chi connectivity index (χ0n) is 12.1. The lowest BCUT2D eigenvalue weighted by Gasteiger charge is -2.44. The molecule has 18 heavy (non-hydrogen) atoms. The van der Waals surface area contributed by atoms with E-state index >= 15 is 0 Å². The van der Waals surface area contributed by atoms with Crippen molar-refractivity contribution < 1.29 is 9.53 Å². The number of rotatable bonds is 6. The lowest BCUT2D eigenvalue weighted by molar-refractivity contribution is -0.123. The van der Waals surface area contributed by atoms with E-state index in [1.165, 1.54) is 0 Å². The summed E-state index contributed by atoms with van der Waals surface area (Å²) in [4.78, 5) is 16.2. The van der Waals surface area contributed by atoms with Crippen molar-refractivity contribution >= 4 is 5.91 Å². The molecule has 0 aromatic rings. The van der Waals surface area contributed by atoms with Crippen molar-refractivity contribution in [3.8, 4) is 0 Å². The highest BCUT2D eigenvalue weighted by Gasteiger charge is 2.29. The highest BCUT2D eigenvalue weighted by atomic mass is 16.5. The molecule has 0 spiro atoms. The Labute approximate surface area is 110 Å². The van der Waals surface area contributed by atoms with E-state index in [0.29, 0.717) is 18.6 Å². The lowest BCUT2D eigenvalue weighted by atomic mass is 10.1. The van der Waals surface area contributed by atoms with Crippen LogP contribution in [0.25, 0.3) is 0 Å². The summed E-state index contributed by atoms with van der Waals surface area (Å²) < 4.78 is 5.08. The molecule has 0 aromatic carbocycles. The number of nitrogens with one attached hydrogen (secondary N) is 1. The van der Waals surface area contributed by atoms with Crippen molar-refractivity contribution in [2.45, 2.75) is 32.4 Å². The van der Waals surface area contributed by atoms with Gasteiger partial charge in [0.2, 0.25) is 5.91 Å². The second kappa shape index (κ2) is 7.71. The van der Waals surface area contributed by atoms with Crippen molar-refractivity contribution in [3.63, 3.8) is 0 Å². The molecule has 0 aromatic heterocycles. The first-order chi connectivity index (χ1) is 8.58. The van der Waals surface area contributed by atoms with Gasteiger partial charge in [-0.25, -0.2) is 0 Å². The van der Waals surface area contributed by atoms with Crippen LogP contribution in [-0.2, 0) is 9.53 Å². The van der Waals surface area contributed by atoms with Gasteiger partial charge >= 0.3 is 0 Å². The first-order valence-electron chi connectivity index (χ1n) is 6.76. The molecule has 0 aliphatic carbocycles. The summed E-state index contributed by atoms with van der Waals surface area (Å²) in [7, 11) is 3.44. The fraction of sp³-hybridized carbons (Fsp3) is 0.923. The van der Waals surface area contributed by atoms with E-state index in [9.17, 15) is 4.79 Å². The van der Waals surface area contributed by atoms with Crippen LogP contribution < -0.4 is 5.32 Å². The number of hydrogen-bond donors (Lipinski definition) is 1.